The van der Waals surface area contributed by atoms with Crippen molar-refractivity contribution in [3.8, 4) is 0 Å². The molecule has 5 nitrogen and oxygen atoms in total. The second kappa shape index (κ2) is 14.8. The number of aliphatic hydroxyl groups is 2. The zero-order valence-corrected chi connectivity index (χ0v) is 17.1. The van der Waals surface area contributed by atoms with Crippen LogP contribution in [0.25, 0.3) is 0 Å². The number of aliphatic hydroxyl groups excluding tert-OH is 2. The molecule has 1 aliphatic rings. The number of nitrogens with zero attached hydrogens (tertiary/aromatic N) is 1. The van der Waals surface area contributed by atoms with Gasteiger partial charge in [-0.1, -0.05) is 76.9 Å². The zero-order chi connectivity index (χ0) is 19.9. The van der Waals surface area contributed by atoms with E-state index >= 15 is 0 Å². The highest BCUT2D eigenvalue weighted by molar-refractivity contribution is 6.07. The van der Waals surface area contributed by atoms with Gasteiger partial charge in [0.2, 0.25) is 0 Å². The fraction of sp³-hybridized carbons (Fsp3) is 0.818. The van der Waals surface area contributed by atoms with Gasteiger partial charge >= 0.3 is 0 Å². The van der Waals surface area contributed by atoms with E-state index in [9.17, 15) is 19.8 Å². The van der Waals surface area contributed by atoms with E-state index in [1.165, 1.54) is 64.2 Å². The van der Waals surface area contributed by atoms with Crippen LogP contribution in [0.3, 0.4) is 0 Å². The van der Waals surface area contributed by atoms with Crippen molar-refractivity contribution in [2.24, 2.45) is 0 Å². The summed E-state index contributed by atoms with van der Waals surface area (Å²) < 4.78 is 0. The van der Waals surface area contributed by atoms with E-state index in [0.29, 0.717) is 6.54 Å². The SMILES string of the molecule is CCCCCCCC/C=C\CCCCCCCCN1C(=O)[C@H](O)[C@@H](O)C1=O. The van der Waals surface area contributed by atoms with Gasteiger partial charge in [0, 0.05) is 6.54 Å². The standard InChI is InChI=1S/C22H39NO4/c1-2-3-4-5-6-7-8-9-10-11-12-13-14-15-16-17-18-23-21(26)19(24)20(25)22(23)27/h9-10,19-20,24-25H,2-8,11-18H2,1H3/b10-9-/t19-,20-/m1/s1. The van der Waals surface area contributed by atoms with Crippen LogP contribution in [0, 0.1) is 0 Å². The van der Waals surface area contributed by atoms with E-state index in [0.717, 1.165) is 30.6 Å². The third-order valence-electron chi connectivity index (χ3n) is 5.23. The van der Waals surface area contributed by atoms with Gasteiger partial charge in [0.1, 0.15) is 0 Å². The van der Waals surface area contributed by atoms with Gasteiger partial charge in [-0.25, -0.2) is 0 Å². The van der Waals surface area contributed by atoms with E-state index in [1.54, 1.807) is 0 Å². The van der Waals surface area contributed by atoms with E-state index in [-0.39, 0.29) is 0 Å². The molecule has 27 heavy (non-hydrogen) atoms. The second-order valence-corrected chi connectivity index (χ2v) is 7.66. The fourth-order valence-electron chi connectivity index (χ4n) is 3.44. The number of carbonyl (C=O) groups excluding carboxylic acids is 2. The average Bonchev–Trinajstić information content (AvgIpc) is 2.85. The van der Waals surface area contributed by atoms with Crippen molar-refractivity contribution >= 4 is 11.8 Å². The lowest BCUT2D eigenvalue weighted by Gasteiger charge is -2.13. The van der Waals surface area contributed by atoms with Crippen LogP contribution in [0.15, 0.2) is 12.2 Å². The molecule has 2 N–H and O–H groups in total. The minimum absolute atomic E-state index is 0.299. The first-order valence-corrected chi connectivity index (χ1v) is 11.0. The van der Waals surface area contributed by atoms with Gasteiger partial charge in [0.05, 0.1) is 0 Å². The Morgan fingerprint density at radius 2 is 1.11 bits per heavy atom. The molecule has 2 amide bonds. The monoisotopic (exact) mass is 381 g/mol. The van der Waals surface area contributed by atoms with Crippen LogP contribution in [0.4, 0.5) is 0 Å². The molecule has 0 aromatic carbocycles. The Kier molecular flexibility index (Phi) is 13.1. The highest BCUT2D eigenvalue weighted by Crippen LogP contribution is 2.16. The van der Waals surface area contributed by atoms with Crippen molar-refractivity contribution in [1.29, 1.82) is 0 Å². The first kappa shape index (κ1) is 23.8. The van der Waals surface area contributed by atoms with Crippen molar-refractivity contribution in [1.82, 2.24) is 4.90 Å². The summed E-state index contributed by atoms with van der Waals surface area (Å²) in [7, 11) is 0. The molecule has 0 aliphatic carbocycles. The molecule has 0 radical (unpaired) electrons. The normalized spacial score (nSPS) is 20.3. The summed E-state index contributed by atoms with van der Waals surface area (Å²) in [6, 6.07) is 0. The molecule has 1 heterocycles. The molecule has 5 heteroatoms. The minimum Gasteiger partial charge on any atom is -0.380 e. The van der Waals surface area contributed by atoms with Crippen LogP contribution in [0.1, 0.15) is 96.8 Å². The summed E-state index contributed by atoms with van der Waals surface area (Å²) in [4.78, 5) is 24.2. The Labute approximate surface area is 164 Å². The topological polar surface area (TPSA) is 77.8 Å². The third-order valence-corrected chi connectivity index (χ3v) is 5.23. The number of likely N-dealkylation sites (tertiary alicyclic amines) is 1. The van der Waals surface area contributed by atoms with Gasteiger partial charge in [-0.2, -0.15) is 0 Å². The Hall–Kier alpha value is -1.20. The predicted molar refractivity (Wildman–Crippen MR) is 108 cm³/mol. The molecule has 0 aromatic rings. The average molecular weight is 382 g/mol. The summed E-state index contributed by atoms with van der Waals surface area (Å²) in [6.45, 7) is 2.55. The molecule has 0 bridgehead atoms. The van der Waals surface area contributed by atoms with Gasteiger partial charge in [0.25, 0.3) is 11.8 Å². The fourth-order valence-corrected chi connectivity index (χ4v) is 3.44. The van der Waals surface area contributed by atoms with Gasteiger partial charge < -0.3 is 10.2 Å². The van der Waals surface area contributed by atoms with Crippen LogP contribution in [0.2, 0.25) is 0 Å². The van der Waals surface area contributed by atoms with Gasteiger partial charge in [-0.15, -0.1) is 0 Å². The lowest BCUT2D eigenvalue weighted by Crippen LogP contribution is -2.33. The number of rotatable bonds is 16. The molecule has 1 saturated heterocycles. The van der Waals surface area contributed by atoms with Crippen molar-refractivity contribution < 1.29 is 19.8 Å². The maximum atomic E-state index is 11.6. The lowest BCUT2D eigenvalue weighted by atomic mass is 10.1. The maximum absolute atomic E-state index is 11.6. The maximum Gasteiger partial charge on any atom is 0.261 e. The van der Waals surface area contributed by atoms with Gasteiger partial charge in [0.15, 0.2) is 12.2 Å². The zero-order valence-electron chi connectivity index (χ0n) is 17.1. The number of hydrogen-bond acceptors (Lipinski definition) is 4. The first-order valence-electron chi connectivity index (χ1n) is 11.0. The largest absolute Gasteiger partial charge is 0.380 e. The van der Waals surface area contributed by atoms with Crippen molar-refractivity contribution in [3.05, 3.63) is 12.2 Å². The van der Waals surface area contributed by atoms with E-state index in [2.05, 4.69) is 19.1 Å². The van der Waals surface area contributed by atoms with Crippen LogP contribution in [-0.2, 0) is 9.59 Å². The highest BCUT2D eigenvalue weighted by atomic mass is 16.4. The first-order chi connectivity index (χ1) is 13.1. The number of allylic oxidation sites excluding steroid dienone is 2. The molecule has 1 aliphatic heterocycles. The molecular formula is C22H39NO4. The van der Waals surface area contributed by atoms with E-state index < -0.39 is 24.0 Å². The van der Waals surface area contributed by atoms with Crippen LogP contribution in [0.5, 0.6) is 0 Å². The number of hydrogen-bond donors (Lipinski definition) is 2. The number of amides is 2. The number of imide groups is 1. The van der Waals surface area contributed by atoms with Gasteiger partial charge in [-0.3, -0.25) is 14.5 Å². The molecular weight excluding hydrogens is 342 g/mol. The smallest absolute Gasteiger partial charge is 0.261 e. The summed E-state index contributed by atoms with van der Waals surface area (Å²) in [5.74, 6) is -1.33. The number of unbranched alkanes of at least 4 members (excludes halogenated alkanes) is 12. The van der Waals surface area contributed by atoms with Gasteiger partial charge in [-0.05, 0) is 32.1 Å². The Morgan fingerprint density at radius 3 is 1.59 bits per heavy atom. The predicted octanol–water partition coefficient (Wildman–Crippen LogP) is 4.11. The molecule has 0 unspecified atom stereocenters. The molecule has 1 rings (SSSR count). The summed E-state index contributed by atoms with van der Waals surface area (Å²) >= 11 is 0. The third kappa shape index (κ3) is 9.52. The van der Waals surface area contributed by atoms with E-state index in [1.807, 2.05) is 0 Å². The van der Waals surface area contributed by atoms with E-state index in [4.69, 9.17) is 0 Å². The molecule has 0 spiro atoms. The van der Waals surface area contributed by atoms with Crippen LogP contribution >= 0.6 is 0 Å². The Balaban J connectivity index is 1.87. The number of carbonyl (C=O) groups is 2. The van der Waals surface area contributed by atoms with Crippen LogP contribution in [-0.4, -0.2) is 45.7 Å². The molecule has 0 saturated carbocycles. The minimum atomic E-state index is -1.58. The van der Waals surface area contributed by atoms with Crippen molar-refractivity contribution in [2.45, 2.75) is 109 Å². The van der Waals surface area contributed by atoms with Crippen molar-refractivity contribution in [3.63, 3.8) is 0 Å². The molecule has 156 valence electrons. The Morgan fingerprint density at radius 1 is 0.704 bits per heavy atom. The lowest BCUT2D eigenvalue weighted by molar-refractivity contribution is -0.141. The Bertz CT molecular complexity index is 430. The van der Waals surface area contributed by atoms with Crippen LogP contribution < -0.4 is 0 Å². The highest BCUT2D eigenvalue weighted by Gasteiger charge is 2.45. The molecule has 2 atom stereocenters. The quantitative estimate of drug-likeness (QED) is 0.240. The second-order valence-electron chi connectivity index (χ2n) is 7.66. The summed E-state index contributed by atoms with van der Waals surface area (Å²) in [5, 5.41) is 18.7. The summed E-state index contributed by atoms with van der Waals surface area (Å²) in [6.07, 6.45) is 18.3. The van der Waals surface area contributed by atoms with Crippen molar-refractivity contribution in [2.75, 3.05) is 6.54 Å². The molecule has 0 aromatic heterocycles. The molecule has 1 fully saturated rings. The summed E-state index contributed by atoms with van der Waals surface area (Å²) in [5.41, 5.74) is 0.